The molecule has 0 aliphatic heterocycles. The number of aryl methyl sites for hydroxylation is 1. The van der Waals surface area contributed by atoms with Crippen LogP contribution in [0.1, 0.15) is 22.7 Å². The maximum absolute atomic E-state index is 13.2. The second-order valence-corrected chi connectivity index (χ2v) is 10.4. The number of para-hydroxylation sites is 1. The van der Waals surface area contributed by atoms with Crippen LogP contribution < -0.4 is 14.4 Å². The number of carbonyl (C=O) groups is 1. The minimum Gasteiger partial charge on any atom is -0.457 e. The predicted molar refractivity (Wildman–Crippen MR) is 143 cm³/mol. The van der Waals surface area contributed by atoms with Gasteiger partial charge in [0.15, 0.2) is 0 Å². The lowest BCUT2D eigenvalue weighted by molar-refractivity contribution is -0.120. The Morgan fingerprint density at radius 3 is 1.89 bits per heavy atom. The van der Waals surface area contributed by atoms with Crippen molar-refractivity contribution >= 4 is 21.6 Å². The van der Waals surface area contributed by atoms with Crippen molar-refractivity contribution in [1.29, 1.82) is 0 Å². The summed E-state index contributed by atoms with van der Waals surface area (Å²) in [7, 11) is -3.72. The summed E-state index contributed by atoms with van der Waals surface area (Å²) in [5.74, 6) is 0.818. The van der Waals surface area contributed by atoms with Gasteiger partial charge in [-0.15, -0.1) is 0 Å². The van der Waals surface area contributed by atoms with Crippen LogP contribution in [-0.4, -0.2) is 27.1 Å². The van der Waals surface area contributed by atoms with E-state index in [1.165, 1.54) is 0 Å². The number of anilines is 1. The van der Waals surface area contributed by atoms with Gasteiger partial charge in [0, 0.05) is 0 Å². The third-order valence-corrected chi connectivity index (χ3v) is 6.78. The van der Waals surface area contributed by atoms with Crippen molar-refractivity contribution in [3.05, 3.63) is 126 Å². The van der Waals surface area contributed by atoms with Gasteiger partial charge in [-0.2, -0.15) is 0 Å². The first-order valence-corrected chi connectivity index (χ1v) is 13.4. The molecule has 4 aromatic carbocycles. The van der Waals surface area contributed by atoms with E-state index in [9.17, 15) is 13.2 Å². The fourth-order valence-electron chi connectivity index (χ4n) is 3.81. The molecule has 6 nitrogen and oxygen atoms in total. The van der Waals surface area contributed by atoms with E-state index in [4.69, 9.17) is 4.74 Å². The van der Waals surface area contributed by atoms with Crippen LogP contribution in [0.5, 0.6) is 11.5 Å². The number of benzene rings is 4. The van der Waals surface area contributed by atoms with Crippen molar-refractivity contribution in [2.75, 3.05) is 17.1 Å². The van der Waals surface area contributed by atoms with Crippen LogP contribution >= 0.6 is 0 Å². The molecular weight excluding hydrogens is 472 g/mol. The van der Waals surface area contributed by atoms with Gasteiger partial charge in [0.25, 0.3) is 0 Å². The van der Waals surface area contributed by atoms with Crippen molar-refractivity contribution in [1.82, 2.24) is 5.32 Å². The van der Waals surface area contributed by atoms with Crippen LogP contribution in [0.4, 0.5) is 5.69 Å². The Morgan fingerprint density at radius 2 is 1.31 bits per heavy atom. The summed E-state index contributed by atoms with van der Waals surface area (Å²) in [5, 5.41) is 3.02. The summed E-state index contributed by atoms with van der Waals surface area (Å²) >= 11 is 0. The topological polar surface area (TPSA) is 75.7 Å². The molecule has 0 unspecified atom stereocenters. The first-order chi connectivity index (χ1) is 17.3. The Kier molecular flexibility index (Phi) is 7.71. The number of carbonyl (C=O) groups excluding carboxylic acids is 1. The standard InChI is InChI=1S/C29H28N2O4S/c1-22-13-15-24(16-14-22)29(23-9-5-3-6-10-23)30-28(32)21-31(36(2,33)34)25-17-19-27(20-18-25)35-26-11-7-4-8-12-26/h3-20,29H,21H2,1-2H3,(H,30,32)/t29-/m1/s1. The number of ether oxygens (including phenoxy) is 1. The van der Waals surface area contributed by atoms with Gasteiger partial charge in [-0.1, -0.05) is 78.4 Å². The summed E-state index contributed by atoms with van der Waals surface area (Å²) in [6, 6.07) is 33.0. The molecule has 7 heteroatoms. The zero-order valence-corrected chi connectivity index (χ0v) is 21.0. The number of nitrogens with one attached hydrogen (secondary N) is 1. The molecule has 4 rings (SSSR count). The summed E-state index contributed by atoms with van der Waals surface area (Å²) in [5.41, 5.74) is 3.30. The van der Waals surface area contributed by atoms with Gasteiger partial charge >= 0.3 is 0 Å². The van der Waals surface area contributed by atoms with Gasteiger partial charge in [-0.25, -0.2) is 8.42 Å². The molecule has 1 atom stereocenters. The molecule has 0 aromatic heterocycles. The highest BCUT2D eigenvalue weighted by atomic mass is 32.2. The zero-order valence-electron chi connectivity index (χ0n) is 20.2. The molecule has 0 spiro atoms. The first-order valence-electron chi connectivity index (χ1n) is 11.5. The second-order valence-electron chi connectivity index (χ2n) is 8.50. The lowest BCUT2D eigenvalue weighted by Crippen LogP contribution is -2.41. The minimum absolute atomic E-state index is 0.354. The summed E-state index contributed by atoms with van der Waals surface area (Å²) < 4.78 is 32.1. The van der Waals surface area contributed by atoms with Crippen molar-refractivity contribution in [2.24, 2.45) is 0 Å². The molecule has 0 heterocycles. The molecule has 1 amide bonds. The molecule has 1 N–H and O–H groups in total. The minimum atomic E-state index is -3.72. The van der Waals surface area contributed by atoms with Crippen LogP contribution in [0.15, 0.2) is 109 Å². The van der Waals surface area contributed by atoms with Crippen molar-refractivity contribution in [3.63, 3.8) is 0 Å². The molecule has 184 valence electrons. The van der Waals surface area contributed by atoms with Gasteiger partial charge in [0.2, 0.25) is 15.9 Å². The molecule has 0 radical (unpaired) electrons. The SMILES string of the molecule is Cc1ccc([C@H](NC(=O)CN(c2ccc(Oc3ccccc3)cc2)S(C)(=O)=O)c2ccccc2)cc1. The predicted octanol–water partition coefficient (Wildman–Crippen LogP) is 5.46. The normalized spacial score (nSPS) is 11.9. The highest BCUT2D eigenvalue weighted by Gasteiger charge is 2.24. The average molecular weight is 501 g/mol. The van der Waals surface area contributed by atoms with E-state index in [0.717, 1.165) is 27.3 Å². The van der Waals surface area contributed by atoms with Crippen LogP contribution in [0, 0.1) is 6.92 Å². The Hall–Kier alpha value is -4.10. The summed E-state index contributed by atoms with van der Waals surface area (Å²) in [4.78, 5) is 13.2. The lowest BCUT2D eigenvalue weighted by atomic mass is 9.98. The maximum atomic E-state index is 13.2. The van der Waals surface area contributed by atoms with Gasteiger partial charge in [0.05, 0.1) is 18.0 Å². The van der Waals surface area contributed by atoms with Gasteiger partial charge in [0.1, 0.15) is 18.0 Å². The van der Waals surface area contributed by atoms with Gasteiger partial charge < -0.3 is 10.1 Å². The second kappa shape index (κ2) is 11.1. The fraction of sp³-hybridized carbons (Fsp3) is 0.138. The van der Waals surface area contributed by atoms with E-state index >= 15 is 0 Å². The van der Waals surface area contributed by atoms with E-state index < -0.39 is 22.0 Å². The molecule has 4 aromatic rings. The smallest absolute Gasteiger partial charge is 0.241 e. The zero-order chi connectivity index (χ0) is 25.5. The average Bonchev–Trinajstić information content (AvgIpc) is 2.88. The number of sulfonamides is 1. The monoisotopic (exact) mass is 500 g/mol. The number of hydrogen-bond donors (Lipinski definition) is 1. The van der Waals surface area contributed by atoms with Gasteiger partial charge in [-0.3, -0.25) is 9.10 Å². The molecule has 0 saturated carbocycles. The van der Waals surface area contributed by atoms with E-state index in [1.54, 1.807) is 24.3 Å². The number of amides is 1. The third-order valence-electron chi connectivity index (χ3n) is 5.64. The molecule has 0 aliphatic carbocycles. The highest BCUT2D eigenvalue weighted by Crippen LogP contribution is 2.26. The number of hydrogen-bond acceptors (Lipinski definition) is 4. The fourth-order valence-corrected chi connectivity index (χ4v) is 4.66. The first kappa shape index (κ1) is 25.0. The van der Waals surface area contributed by atoms with Crippen LogP contribution in [0.3, 0.4) is 0 Å². The highest BCUT2D eigenvalue weighted by molar-refractivity contribution is 7.92. The Bertz CT molecular complexity index is 1390. The van der Waals surface area contributed by atoms with Crippen molar-refractivity contribution < 1.29 is 17.9 Å². The van der Waals surface area contributed by atoms with E-state index in [1.807, 2.05) is 91.9 Å². The van der Waals surface area contributed by atoms with E-state index in [2.05, 4.69) is 5.32 Å². The number of nitrogens with zero attached hydrogens (tertiary/aromatic N) is 1. The quantitative estimate of drug-likeness (QED) is 0.331. The molecule has 0 aliphatic rings. The van der Waals surface area contributed by atoms with Crippen molar-refractivity contribution in [3.8, 4) is 11.5 Å². The van der Waals surface area contributed by atoms with E-state index in [-0.39, 0.29) is 6.54 Å². The molecule has 36 heavy (non-hydrogen) atoms. The Balaban J connectivity index is 1.53. The molecular formula is C29H28N2O4S. The lowest BCUT2D eigenvalue weighted by Gasteiger charge is -2.25. The number of rotatable bonds is 9. The summed E-state index contributed by atoms with van der Waals surface area (Å²) in [6.07, 6.45) is 1.09. The van der Waals surface area contributed by atoms with Crippen molar-refractivity contribution in [2.45, 2.75) is 13.0 Å². The Morgan fingerprint density at radius 1 is 0.778 bits per heavy atom. The van der Waals surface area contributed by atoms with Crippen LogP contribution in [-0.2, 0) is 14.8 Å². The molecule has 0 fully saturated rings. The Labute approximate surface area is 212 Å². The van der Waals surface area contributed by atoms with Crippen LogP contribution in [0.25, 0.3) is 0 Å². The van der Waals surface area contributed by atoms with Crippen LogP contribution in [0.2, 0.25) is 0 Å². The molecule has 0 saturated heterocycles. The third kappa shape index (κ3) is 6.52. The van der Waals surface area contributed by atoms with E-state index in [0.29, 0.717) is 17.2 Å². The van der Waals surface area contributed by atoms with Gasteiger partial charge in [-0.05, 0) is 54.4 Å². The summed E-state index contributed by atoms with van der Waals surface area (Å²) in [6.45, 7) is 1.65. The largest absolute Gasteiger partial charge is 0.457 e. The molecule has 0 bridgehead atoms. The maximum Gasteiger partial charge on any atom is 0.241 e.